The van der Waals surface area contributed by atoms with Gasteiger partial charge in [-0.1, -0.05) is 6.07 Å². The van der Waals surface area contributed by atoms with Crippen LogP contribution in [0.4, 0.5) is 0 Å². The normalized spacial score (nSPS) is 18.0. The third kappa shape index (κ3) is 2.99. The van der Waals surface area contributed by atoms with E-state index in [1.165, 1.54) is 0 Å². The van der Waals surface area contributed by atoms with E-state index in [-0.39, 0.29) is 5.91 Å². The molecule has 0 saturated carbocycles. The van der Waals surface area contributed by atoms with Crippen LogP contribution in [0.2, 0.25) is 0 Å². The van der Waals surface area contributed by atoms with E-state index in [9.17, 15) is 4.79 Å². The Bertz CT molecular complexity index is 845. The van der Waals surface area contributed by atoms with Crippen LogP contribution in [0.1, 0.15) is 28.9 Å². The van der Waals surface area contributed by atoms with Crippen LogP contribution < -0.4 is 0 Å². The van der Waals surface area contributed by atoms with Crippen molar-refractivity contribution < 1.29 is 4.79 Å². The van der Waals surface area contributed by atoms with Gasteiger partial charge in [0.1, 0.15) is 11.0 Å². The van der Waals surface area contributed by atoms with E-state index < -0.39 is 0 Å². The molecule has 0 radical (unpaired) electrons. The number of pyridine rings is 1. The zero-order valence-corrected chi connectivity index (χ0v) is 13.4. The maximum atomic E-state index is 12.8. The number of nitrogens with one attached hydrogen (secondary N) is 1. The number of aromatic amines is 1. The quantitative estimate of drug-likeness (QED) is 0.804. The molecule has 24 heavy (non-hydrogen) atoms. The molecule has 1 aliphatic rings. The molecule has 1 atom stereocenters. The zero-order valence-electron chi connectivity index (χ0n) is 13.4. The lowest BCUT2D eigenvalue weighted by Crippen LogP contribution is -2.40. The molecule has 0 unspecified atom stereocenters. The predicted octanol–water partition coefficient (Wildman–Crippen LogP) is 2.45. The van der Waals surface area contributed by atoms with Crippen LogP contribution >= 0.6 is 0 Å². The van der Waals surface area contributed by atoms with Crippen molar-refractivity contribution in [1.82, 2.24) is 25.3 Å². The summed E-state index contributed by atoms with van der Waals surface area (Å²) in [5.41, 5.74) is 3.27. The van der Waals surface area contributed by atoms with Crippen molar-refractivity contribution in [1.29, 1.82) is 0 Å². The van der Waals surface area contributed by atoms with Gasteiger partial charge in [0.05, 0.1) is 0 Å². The maximum absolute atomic E-state index is 12.8. The number of likely N-dealkylation sites (tertiary alicyclic amines) is 1. The molecule has 6 nitrogen and oxygen atoms in total. The second-order valence-corrected chi connectivity index (χ2v) is 6.31. The fraction of sp³-hybridized carbons (Fsp3) is 0.333. The lowest BCUT2D eigenvalue weighted by molar-refractivity contribution is 0.0673. The molecule has 3 heterocycles. The highest BCUT2D eigenvalue weighted by Gasteiger charge is 2.25. The van der Waals surface area contributed by atoms with Gasteiger partial charge in [-0.15, -0.1) is 0 Å². The Kier molecular flexibility index (Phi) is 3.94. The number of fused-ring (bicyclic) bond motifs is 1. The Morgan fingerprint density at radius 2 is 2.12 bits per heavy atom. The van der Waals surface area contributed by atoms with Gasteiger partial charge in [0.2, 0.25) is 0 Å². The van der Waals surface area contributed by atoms with Crippen LogP contribution in [-0.4, -0.2) is 44.3 Å². The average Bonchev–Trinajstić information content (AvgIpc) is 3.10. The maximum Gasteiger partial charge on any atom is 0.253 e. The molecule has 6 heteroatoms. The molecule has 122 valence electrons. The minimum absolute atomic E-state index is 0.0746. The first-order valence-electron chi connectivity index (χ1n) is 8.29. The number of H-pyrrole nitrogens is 1. The Hall–Kier alpha value is -2.76. The number of nitrogens with zero attached hydrogens (tertiary/aromatic N) is 4. The van der Waals surface area contributed by atoms with E-state index in [1.807, 2.05) is 41.4 Å². The van der Waals surface area contributed by atoms with Crippen molar-refractivity contribution in [3.63, 3.8) is 0 Å². The van der Waals surface area contributed by atoms with Crippen molar-refractivity contribution in [2.75, 3.05) is 13.1 Å². The monoisotopic (exact) mass is 321 g/mol. The van der Waals surface area contributed by atoms with Crippen LogP contribution in [0.25, 0.3) is 11.0 Å². The molecule has 1 amide bonds. The van der Waals surface area contributed by atoms with Gasteiger partial charge in [-0.3, -0.25) is 9.78 Å². The number of carbonyl (C=O) groups is 1. The van der Waals surface area contributed by atoms with E-state index in [0.717, 1.165) is 49.1 Å². The summed E-state index contributed by atoms with van der Waals surface area (Å²) in [6, 6.07) is 11.5. The third-order valence-corrected chi connectivity index (χ3v) is 4.59. The second kappa shape index (κ2) is 6.39. The first-order valence-corrected chi connectivity index (χ1v) is 8.29. The summed E-state index contributed by atoms with van der Waals surface area (Å²) in [7, 11) is 0. The summed E-state index contributed by atoms with van der Waals surface area (Å²) in [5.74, 6) is 0.541. The number of amides is 1. The Morgan fingerprint density at radius 3 is 3.00 bits per heavy atom. The first-order chi connectivity index (χ1) is 11.8. The molecular weight excluding hydrogens is 302 g/mol. The molecule has 1 saturated heterocycles. The molecule has 1 aromatic carbocycles. The number of hydrogen-bond acceptors (Lipinski definition) is 4. The number of aromatic nitrogens is 4. The Balaban J connectivity index is 1.47. The predicted molar refractivity (Wildman–Crippen MR) is 90.5 cm³/mol. The summed E-state index contributed by atoms with van der Waals surface area (Å²) in [5, 5.41) is 10.7. The van der Waals surface area contributed by atoms with Crippen molar-refractivity contribution in [2.45, 2.75) is 19.3 Å². The summed E-state index contributed by atoms with van der Waals surface area (Å²) < 4.78 is 0. The molecule has 0 aliphatic carbocycles. The summed E-state index contributed by atoms with van der Waals surface area (Å²) in [6.07, 6.45) is 4.93. The number of rotatable bonds is 3. The topological polar surface area (TPSA) is 74.8 Å². The minimum Gasteiger partial charge on any atom is -0.338 e. The second-order valence-electron chi connectivity index (χ2n) is 6.31. The molecule has 3 aromatic rings. The van der Waals surface area contributed by atoms with Crippen molar-refractivity contribution in [3.05, 3.63) is 53.9 Å². The smallest absolute Gasteiger partial charge is 0.253 e. The van der Waals surface area contributed by atoms with Gasteiger partial charge in [0, 0.05) is 30.5 Å². The van der Waals surface area contributed by atoms with Crippen molar-refractivity contribution in [3.8, 4) is 0 Å². The van der Waals surface area contributed by atoms with Crippen LogP contribution in [-0.2, 0) is 6.42 Å². The molecule has 1 aliphatic heterocycles. The van der Waals surface area contributed by atoms with E-state index in [4.69, 9.17) is 0 Å². The summed E-state index contributed by atoms with van der Waals surface area (Å²) in [4.78, 5) is 19.2. The molecule has 4 rings (SSSR count). The van der Waals surface area contributed by atoms with Gasteiger partial charge in [-0.2, -0.15) is 15.4 Å². The summed E-state index contributed by atoms with van der Waals surface area (Å²) >= 11 is 0. The fourth-order valence-corrected chi connectivity index (χ4v) is 3.39. The summed E-state index contributed by atoms with van der Waals surface area (Å²) in [6.45, 7) is 1.60. The van der Waals surface area contributed by atoms with Crippen molar-refractivity contribution >= 4 is 16.9 Å². The standard InChI is InChI=1S/C18H19N5O/c24-18(14-6-7-16-17(11-14)21-22-20-16)23-9-3-4-13(12-23)10-15-5-1-2-8-19-15/h1-2,5-8,11,13H,3-4,9-10,12H2,(H,20,21,22)/t13-/m1/s1. The van der Waals surface area contributed by atoms with E-state index in [2.05, 4.69) is 26.5 Å². The van der Waals surface area contributed by atoms with Crippen LogP contribution in [0.3, 0.4) is 0 Å². The van der Waals surface area contributed by atoms with Gasteiger partial charge in [0.15, 0.2) is 0 Å². The van der Waals surface area contributed by atoms with Gasteiger partial charge < -0.3 is 4.90 Å². The van der Waals surface area contributed by atoms with Gasteiger partial charge in [-0.05, 0) is 55.5 Å². The van der Waals surface area contributed by atoms with E-state index in [1.54, 1.807) is 0 Å². The third-order valence-electron chi connectivity index (χ3n) is 4.59. The molecule has 1 fully saturated rings. The van der Waals surface area contributed by atoms with Crippen LogP contribution in [0, 0.1) is 5.92 Å². The number of carbonyl (C=O) groups excluding carboxylic acids is 1. The minimum atomic E-state index is 0.0746. The van der Waals surface area contributed by atoms with Gasteiger partial charge in [-0.25, -0.2) is 0 Å². The Labute approximate surface area is 139 Å². The molecule has 0 spiro atoms. The lowest BCUT2D eigenvalue weighted by Gasteiger charge is -2.32. The first kappa shape index (κ1) is 14.8. The molecule has 2 aromatic heterocycles. The number of piperidine rings is 1. The van der Waals surface area contributed by atoms with Crippen LogP contribution in [0.5, 0.6) is 0 Å². The average molecular weight is 321 g/mol. The fourth-order valence-electron chi connectivity index (χ4n) is 3.39. The van der Waals surface area contributed by atoms with E-state index >= 15 is 0 Å². The van der Waals surface area contributed by atoms with Crippen LogP contribution in [0.15, 0.2) is 42.6 Å². The van der Waals surface area contributed by atoms with Gasteiger partial charge in [0.25, 0.3) is 5.91 Å². The highest BCUT2D eigenvalue weighted by Crippen LogP contribution is 2.22. The largest absolute Gasteiger partial charge is 0.338 e. The van der Waals surface area contributed by atoms with E-state index in [0.29, 0.717) is 11.5 Å². The SMILES string of the molecule is O=C(c1ccc2n[nH]nc2c1)N1CCC[C@H](Cc2ccccn2)C1. The highest BCUT2D eigenvalue weighted by molar-refractivity contribution is 5.97. The van der Waals surface area contributed by atoms with Gasteiger partial charge >= 0.3 is 0 Å². The van der Waals surface area contributed by atoms with Crippen molar-refractivity contribution in [2.24, 2.45) is 5.92 Å². The number of hydrogen-bond donors (Lipinski definition) is 1. The lowest BCUT2D eigenvalue weighted by atomic mass is 9.92. The number of benzene rings is 1. The molecule has 1 N–H and O–H groups in total. The molecular formula is C18H19N5O. The molecule has 0 bridgehead atoms. The zero-order chi connectivity index (χ0) is 16.4. The Morgan fingerprint density at radius 1 is 1.21 bits per heavy atom. The highest BCUT2D eigenvalue weighted by atomic mass is 16.2.